The molecule has 2 heterocycles. The van der Waals surface area contributed by atoms with E-state index in [2.05, 4.69) is 46.1 Å². The number of hydrogen-bond acceptors (Lipinski definition) is 6. The van der Waals surface area contributed by atoms with Crippen molar-refractivity contribution in [3.63, 3.8) is 0 Å². The molecule has 2 aliphatic rings. The topological polar surface area (TPSA) is 67.7 Å². The maximum atomic E-state index is 11.6. The summed E-state index contributed by atoms with van der Waals surface area (Å²) >= 11 is 0. The van der Waals surface area contributed by atoms with Gasteiger partial charge in [-0.1, -0.05) is 24.3 Å². The zero-order valence-corrected chi connectivity index (χ0v) is 16.2. The van der Waals surface area contributed by atoms with Crippen LogP contribution in [0.4, 0.5) is 0 Å². The molecule has 1 saturated carbocycles. The number of aliphatic hydroxyl groups is 1. The van der Waals surface area contributed by atoms with Gasteiger partial charge in [0.15, 0.2) is 0 Å². The Bertz CT molecular complexity index is 828. The first-order valence-electron chi connectivity index (χ1n) is 9.50. The Kier molecular flexibility index (Phi) is 4.78. The number of nitrogens with zero attached hydrogens (tertiary/aromatic N) is 3. The molecule has 2 aromatic rings. The van der Waals surface area contributed by atoms with Crippen LogP contribution in [0.25, 0.3) is 0 Å². The molecule has 1 N–H and O–H groups in total. The lowest BCUT2D eigenvalue weighted by Gasteiger charge is -2.31. The summed E-state index contributed by atoms with van der Waals surface area (Å²) in [5.41, 5.74) is 2.39. The highest BCUT2D eigenvalue weighted by Crippen LogP contribution is 2.52. The predicted molar refractivity (Wildman–Crippen MR) is 102 cm³/mol. The van der Waals surface area contributed by atoms with Crippen molar-refractivity contribution in [2.75, 3.05) is 27.3 Å². The van der Waals surface area contributed by atoms with Crippen LogP contribution in [0, 0.1) is 18.8 Å². The number of benzene rings is 1. The first-order chi connectivity index (χ1) is 13.0. The normalized spacial score (nSPS) is 27.6. The number of hydrogen-bond donors (Lipinski definition) is 1. The molecule has 4 rings (SSSR count). The Labute approximate surface area is 160 Å². The van der Waals surface area contributed by atoms with Crippen LogP contribution in [0.3, 0.4) is 0 Å². The number of fused-ring (bicyclic) bond motifs is 1. The van der Waals surface area contributed by atoms with Gasteiger partial charge < -0.3 is 14.6 Å². The van der Waals surface area contributed by atoms with Crippen molar-refractivity contribution in [2.45, 2.75) is 31.9 Å². The molecule has 144 valence electrons. The summed E-state index contributed by atoms with van der Waals surface area (Å²) in [6.45, 7) is 4.96. The average Bonchev–Trinajstić information content (AvgIpc) is 3.23. The number of ether oxygens (including phenoxy) is 2. The first kappa shape index (κ1) is 18.2. The van der Waals surface area contributed by atoms with Gasteiger partial charge in [-0.3, -0.25) is 4.90 Å². The lowest BCUT2D eigenvalue weighted by atomic mass is 9.83. The number of likely N-dealkylation sites (tertiary alicyclic amines) is 1. The Morgan fingerprint density at radius 2 is 2.04 bits per heavy atom. The molecule has 0 unspecified atom stereocenters. The summed E-state index contributed by atoms with van der Waals surface area (Å²) < 4.78 is 10.5. The standard InChI is InChI=1S/C21H27N3O3/c1-14-6-4-5-7-15(14)11-24-12-16-8-9-21(25,18(16)13-24)17-10-22-20(27-3)23-19(17)26-2/h4-7,10,16,18,25H,8-9,11-13H2,1-3H3/t16-,18+,21+/m0/s1. The maximum absolute atomic E-state index is 11.6. The summed E-state index contributed by atoms with van der Waals surface area (Å²) in [7, 11) is 3.09. The highest BCUT2D eigenvalue weighted by atomic mass is 16.5. The molecule has 3 atom stereocenters. The molecule has 2 fully saturated rings. The molecule has 0 amide bonds. The quantitative estimate of drug-likeness (QED) is 0.874. The summed E-state index contributed by atoms with van der Waals surface area (Å²) in [5.74, 6) is 1.04. The van der Waals surface area contributed by atoms with E-state index in [4.69, 9.17) is 9.47 Å². The summed E-state index contributed by atoms with van der Waals surface area (Å²) in [6, 6.07) is 8.76. The molecule has 1 aromatic carbocycles. The number of rotatable bonds is 5. The van der Waals surface area contributed by atoms with Gasteiger partial charge in [-0.2, -0.15) is 4.98 Å². The second kappa shape index (κ2) is 7.09. The zero-order valence-electron chi connectivity index (χ0n) is 16.2. The van der Waals surface area contributed by atoms with E-state index >= 15 is 0 Å². The van der Waals surface area contributed by atoms with E-state index in [0.29, 0.717) is 23.8 Å². The SMILES string of the molecule is COc1ncc([C@]2(O)CC[C@H]3CN(Cc4ccccc4C)C[C@H]32)c(OC)n1. The van der Waals surface area contributed by atoms with Crippen molar-refractivity contribution in [1.29, 1.82) is 0 Å². The van der Waals surface area contributed by atoms with Crippen molar-refractivity contribution in [1.82, 2.24) is 14.9 Å². The molecular formula is C21H27N3O3. The molecule has 0 radical (unpaired) electrons. The van der Waals surface area contributed by atoms with Crippen LogP contribution in [-0.4, -0.2) is 47.3 Å². The van der Waals surface area contributed by atoms with Crippen molar-refractivity contribution in [3.8, 4) is 11.9 Å². The van der Waals surface area contributed by atoms with E-state index in [1.807, 2.05) is 0 Å². The van der Waals surface area contributed by atoms with Gasteiger partial charge in [0.2, 0.25) is 5.88 Å². The third kappa shape index (κ3) is 3.17. The molecule has 1 aliphatic carbocycles. The van der Waals surface area contributed by atoms with Gasteiger partial charge in [0.05, 0.1) is 19.8 Å². The van der Waals surface area contributed by atoms with Gasteiger partial charge >= 0.3 is 6.01 Å². The summed E-state index contributed by atoms with van der Waals surface area (Å²) in [5, 5.41) is 11.6. The number of aromatic nitrogens is 2. The fraction of sp³-hybridized carbons (Fsp3) is 0.524. The second-order valence-electron chi connectivity index (χ2n) is 7.73. The lowest BCUT2D eigenvalue weighted by Crippen LogP contribution is -2.35. The van der Waals surface area contributed by atoms with Crippen LogP contribution < -0.4 is 9.47 Å². The molecule has 1 aromatic heterocycles. The Hall–Kier alpha value is -2.18. The Balaban J connectivity index is 1.57. The van der Waals surface area contributed by atoms with E-state index in [1.165, 1.54) is 18.2 Å². The van der Waals surface area contributed by atoms with E-state index in [0.717, 1.165) is 26.1 Å². The van der Waals surface area contributed by atoms with Gasteiger partial charge in [0, 0.05) is 31.7 Å². The minimum Gasteiger partial charge on any atom is -0.481 e. The average molecular weight is 369 g/mol. The van der Waals surface area contributed by atoms with Crippen molar-refractivity contribution in [3.05, 3.63) is 47.2 Å². The van der Waals surface area contributed by atoms with Gasteiger partial charge in [-0.05, 0) is 36.8 Å². The molecule has 6 nitrogen and oxygen atoms in total. The smallest absolute Gasteiger partial charge is 0.319 e. The summed E-state index contributed by atoms with van der Waals surface area (Å²) in [4.78, 5) is 11.0. The summed E-state index contributed by atoms with van der Waals surface area (Å²) in [6.07, 6.45) is 3.38. The molecule has 0 bridgehead atoms. The van der Waals surface area contributed by atoms with Crippen LogP contribution in [0.15, 0.2) is 30.5 Å². The van der Waals surface area contributed by atoms with Crippen molar-refractivity contribution >= 4 is 0 Å². The maximum Gasteiger partial charge on any atom is 0.319 e. The van der Waals surface area contributed by atoms with Crippen LogP contribution in [0.5, 0.6) is 11.9 Å². The fourth-order valence-corrected chi connectivity index (χ4v) is 4.78. The minimum absolute atomic E-state index is 0.160. The minimum atomic E-state index is -0.956. The monoisotopic (exact) mass is 369 g/mol. The third-order valence-corrected chi connectivity index (χ3v) is 6.26. The zero-order chi connectivity index (χ0) is 19.0. The molecule has 1 saturated heterocycles. The third-order valence-electron chi connectivity index (χ3n) is 6.26. The highest BCUT2D eigenvalue weighted by Gasteiger charge is 2.53. The van der Waals surface area contributed by atoms with Crippen LogP contribution >= 0.6 is 0 Å². The van der Waals surface area contributed by atoms with Crippen LogP contribution in [-0.2, 0) is 12.1 Å². The van der Waals surface area contributed by atoms with E-state index in [9.17, 15) is 5.11 Å². The molecule has 1 aliphatic heterocycles. The Morgan fingerprint density at radius 1 is 1.22 bits per heavy atom. The van der Waals surface area contributed by atoms with E-state index < -0.39 is 5.60 Å². The van der Waals surface area contributed by atoms with Gasteiger partial charge in [0.1, 0.15) is 5.60 Å². The lowest BCUT2D eigenvalue weighted by molar-refractivity contribution is -0.00972. The van der Waals surface area contributed by atoms with Crippen LogP contribution in [0.1, 0.15) is 29.5 Å². The molecular weight excluding hydrogens is 342 g/mol. The molecule has 27 heavy (non-hydrogen) atoms. The molecule has 6 heteroatoms. The van der Waals surface area contributed by atoms with E-state index in [1.54, 1.807) is 13.3 Å². The van der Waals surface area contributed by atoms with Gasteiger partial charge in [0.25, 0.3) is 0 Å². The van der Waals surface area contributed by atoms with Crippen LogP contribution in [0.2, 0.25) is 0 Å². The predicted octanol–water partition coefficient (Wildman–Crippen LogP) is 2.53. The fourth-order valence-electron chi connectivity index (χ4n) is 4.78. The van der Waals surface area contributed by atoms with Gasteiger partial charge in [-0.25, -0.2) is 4.98 Å². The van der Waals surface area contributed by atoms with E-state index in [-0.39, 0.29) is 11.9 Å². The Morgan fingerprint density at radius 3 is 2.78 bits per heavy atom. The molecule has 0 spiro atoms. The van der Waals surface area contributed by atoms with Crippen molar-refractivity contribution < 1.29 is 14.6 Å². The first-order valence-corrected chi connectivity index (χ1v) is 9.50. The second-order valence-corrected chi connectivity index (χ2v) is 7.73. The highest BCUT2D eigenvalue weighted by molar-refractivity contribution is 5.34. The van der Waals surface area contributed by atoms with Gasteiger partial charge in [-0.15, -0.1) is 0 Å². The number of methoxy groups -OCH3 is 2. The largest absolute Gasteiger partial charge is 0.481 e. The van der Waals surface area contributed by atoms with Crippen molar-refractivity contribution in [2.24, 2.45) is 11.8 Å². The number of aryl methyl sites for hydroxylation is 1.